The first kappa shape index (κ1) is 14.3. The highest BCUT2D eigenvalue weighted by Crippen LogP contribution is 2.41. The van der Waals surface area contributed by atoms with Gasteiger partial charge >= 0.3 is 0 Å². The second kappa shape index (κ2) is 6.02. The third kappa shape index (κ3) is 3.35. The van der Waals surface area contributed by atoms with E-state index in [9.17, 15) is 0 Å². The van der Waals surface area contributed by atoms with Gasteiger partial charge in [-0.25, -0.2) is 0 Å². The summed E-state index contributed by atoms with van der Waals surface area (Å²) in [6.07, 6.45) is 2.64. The van der Waals surface area contributed by atoms with Crippen molar-refractivity contribution in [2.75, 3.05) is 12.4 Å². The fourth-order valence-corrected chi connectivity index (χ4v) is 2.87. The van der Waals surface area contributed by atoms with Crippen molar-refractivity contribution >= 4 is 18.3 Å². The van der Waals surface area contributed by atoms with Gasteiger partial charge in [0.15, 0.2) is 0 Å². The van der Waals surface area contributed by atoms with Crippen LogP contribution in [0.3, 0.4) is 0 Å². The lowest BCUT2D eigenvalue weighted by atomic mass is 10.1. The standard InChI is InChI=1S/C18H21NOS/c1-12-9-16(21)6-8-18(12)20-11-15-10-14(13-3-4-13)5-7-17(15)19-2/h5-10,13,19,21H,3-4,11H2,1-2H3. The fourth-order valence-electron chi connectivity index (χ4n) is 2.60. The van der Waals surface area contributed by atoms with Crippen molar-refractivity contribution in [1.82, 2.24) is 0 Å². The van der Waals surface area contributed by atoms with Crippen molar-refractivity contribution in [2.45, 2.75) is 37.2 Å². The number of nitrogens with one attached hydrogen (secondary N) is 1. The monoisotopic (exact) mass is 299 g/mol. The van der Waals surface area contributed by atoms with Crippen LogP contribution in [0.5, 0.6) is 5.75 Å². The summed E-state index contributed by atoms with van der Waals surface area (Å²) in [6.45, 7) is 2.64. The number of anilines is 1. The summed E-state index contributed by atoms with van der Waals surface area (Å²) in [5, 5.41) is 3.25. The average molecular weight is 299 g/mol. The van der Waals surface area contributed by atoms with Crippen LogP contribution in [0, 0.1) is 6.92 Å². The zero-order chi connectivity index (χ0) is 14.8. The summed E-state index contributed by atoms with van der Waals surface area (Å²) in [5.74, 6) is 1.69. The van der Waals surface area contributed by atoms with E-state index in [0.717, 1.165) is 27.8 Å². The molecule has 0 saturated heterocycles. The lowest BCUT2D eigenvalue weighted by Crippen LogP contribution is -2.02. The summed E-state index contributed by atoms with van der Waals surface area (Å²) < 4.78 is 6.00. The summed E-state index contributed by atoms with van der Waals surface area (Å²) in [5.41, 5.74) is 4.92. The SMILES string of the molecule is CNc1ccc(C2CC2)cc1COc1ccc(S)cc1C. The van der Waals surface area contributed by atoms with E-state index in [2.05, 4.69) is 43.1 Å². The first-order valence-electron chi connectivity index (χ1n) is 7.40. The van der Waals surface area contributed by atoms with Crippen LogP contribution in [0.4, 0.5) is 5.69 Å². The number of rotatable bonds is 5. The molecule has 0 aliphatic heterocycles. The molecule has 1 aliphatic carbocycles. The van der Waals surface area contributed by atoms with E-state index in [4.69, 9.17) is 4.74 Å². The Morgan fingerprint density at radius 3 is 2.67 bits per heavy atom. The Labute approximate surface area is 131 Å². The zero-order valence-corrected chi connectivity index (χ0v) is 13.4. The molecular formula is C18H21NOS. The topological polar surface area (TPSA) is 21.3 Å². The molecular weight excluding hydrogens is 278 g/mol. The Morgan fingerprint density at radius 1 is 1.19 bits per heavy atom. The summed E-state index contributed by atoms with van der Waals surface area (Å²) in [6, 6.07) is 12.7. The van der Waals surface area contributed by atoms with E-state index in [1.807, 2.05) is 25.2 Å². The van der Waals surface area contributed by atoms with Crippen molar-refractivity contribution < 1.29 is 4.74 Å². The molecule has 0 heterocycles. The van der Waals surface area contributed by atoms with Crippen molar-refractivity contribution in [2.24, 2.45) is 0 Å². The minimum absolute atomic E-state index is 0.587. The molecule has 1 fully saturated rings. The Kier molecular flexibility index (Phi) is 4.11. The van der Waals surface area contributed by atoms with Gasteiger partial charge in [0, 0.05) is 23.2 Å². The molecule has 0 radical (unpaired) electrons. The zero-order valence-electron chi connectivity index (χ0n) is 12.5. The molecule has 0 unspecified atom stereocenters. The summed E-state index contributed by atoms with van der Waals surface area (Å²) in [7, 11) is 1.95. The van der Waals surface area contributed by atoms with Crippen LogP contribution in [-0.2, 0) is 6.61 Å². The molecule has 0 atom stereocenters. The maximum atomic E-state index is 6.00. The second-order valence-electron chi connectivity index (χ2n) is 5.68. The number of thiol groups is 1. The molecule has 1 aliphatic rings. The molecule has 1 saturated carbocycles. The number of ether oxygens (including phenoxy) is 1. The van der Waals surface area contributed by atoms with Crippen LogP contribution in [0.2, 0.25) is 0 Å². The van der Waals surface area contributed by atoms with Gasteiger partial charge in [0.2, 0.25) is 0 Å². The van der Waals surface area contributed by atoms with E-state index in [-0.39, 0.29) is 0 Å². The predicted molar refractivity (Wildman–Crippen MR) is 90.7 cm³/mol. The molecule has 1 N–H and O–H groups in total. The van der Waals surface area contributed by atoms with E-state index in [1.165, 1.54) is 24.0 Å². The molecule has 0 spiro atoms. The minimum Gasteiger partial charge on any atom is -0.489 e. The van der Waals surface area contributed by atoms with Crippen LogP contribution in [0.15, 0.2) is 41.3 Å². The van der Waals surface area contributed by atoms with Gasteiger partial charge in [0.25, 0.3) is 0 Å². The fraction of sp³-hybridized carbons (Fsp3) is 0.333. The summed E-state index contributed by atoms with van der Waals surface area (Å²) >= 11 is 4.35. The molecule has 0 amide bonds. The van der Waals surface area contributed by atoms with Crippen LogP contribution in [-0.4, -0.2) is 7.05 Å². The number of aryl methyl sites for hydroxylation is 1. The predicted octanol–water partition coefficient (Wildman–Crippen LogP) is 4.78. The van der Waals surface area contributed by atoms with Gasteiger partial charge in [-0.3, -0.25) is 0 Å². The molecule has 2 nitrogen and oxygen atoms in total. The molecule has 0 aromatic heterocycles. The normalized spacial score (nSPS) is 14.0. The van der Waals surface area contributed by atoms with Crippen molar-refractivity contribution in [3.05, 3.63) is 53.1 Å². The van der Waals surface area contributed by atoms with Crippen LogP contribution in [0.1, 0.15) is 35.4 Å². The van der Waals surface area contributed by atoms with Crippen molar-refractivity contribution in [3.63, 3.8) is 0 Å². The van der Waals surface area contributed by atoms with E-state index < -0.39 is 0 Å². The minimum atomic E-state index is 0.587. The van der Waals surface area contributed by atoms with Gasteiger partial charge in [-0.15, -0.1) is 12.6 Å². The Balaban J connectivity index is 1.78. The lowest BCUT2D eigenvalue weighted by Gasteiger charge is -2.14. The maximum Gasteiger partial charge on any atom is 0.122 e. The van der Waals surface area contributed by atoms with Gasteiger partial charge < -0.3 is 10.1 Å². The highest BCUT2D eigenvalue weighted by atomic mass is 32.1. The van der Waals surface area contributed by atoms with Gasteiger partial charge in [-0.1, -0.05) is 12.1 Å². The van der Waals surface area contributed by atoms with E-state index >= 15 is 0 Å². The molecule has 2 aromatic rings. The molecule has 0 bridgehead atoms. The first-order valence-corrected chi connectivity index (χ1v) is 7.85. The third-order valence-corrected chi connectivity index (χ3v) is 4.27. The van der Waals surface area contributed by atoms with Crippen LogP contribution >= 0.6 is 12.6 Å². The smallest absolute Gasteiger partial charge is 0.122 e. The first-order chi connectivity index (χ1) is 10.2. The Bertz CT molecular complexity index is 650. The molecule has 110 valence electrons. The van der Waals surface area contributed by atoms with Gasteiger partial charge in [-0.05, 0) is 61.1 Å². The average Bonchev–Trinajstić information content (AvgIpc) is 3.31. The highest BCUT2D eigenvalue weighted by molar-refractivity contribution is 7.80. The lowest BCUT2D eigenvalue weighted by molar-refractivity contribution is 0.304. The van der Waals surface area contributed by atoms with Gasteiger partial charge in [0.1, 0.15) is 12.4 Å². The van der Waals surface area contributed by atoms with Crippen LogP contribution in [0.25, 0.3) is 0 Å². The number of hydrogen-bond donors (Lipinski definition) is 2. The quantitative estimate of drug-likeness (QED) is 0.775. The van der Waals surface area contributed by atoms with Gasteiger partial charge in [0.05, 0.1) is 0 Å². The summed E-state index contributed by atoms with van der Waals surface area (Å²) in [4.78, 5) is 0.964. The molecule has 2 aromatic carbocycles. The van der Waals surface area contributed by atoms with Gasteiger partial charge in [-0.2, -0.15) is 0 Å². The van der Waals surface area contributed by atoms with Crippen molar-refractivity contribution in [3.8, 4) is 5.75 Å². The van der Waals surface area contributed by atoms with Crippen molar-refractivity contribution in [1.29, 1.82) is 0 Å². The molecule has 3 heteroatoms. The van der Waals surface area contributed by atoms with Crippen LogP contribution < -0.4 is 10.1 Å². The maximum absolute atomic E-state index is 6.00. The van der Waals surface area contributed by atoms with E-state index in [0.29, 0.717) is 6.61 Å². The second-order valence-corrected chi connectivity index (χ2v) is 6.20. The third-order valence-electron chi connectivity index (χ3n) is 3.99. The highest BCUT2D eigenvalue weighted by Gasteiger charge is 2.24. The Morgan fingerprint density at radius 2 is 2.00 bits per heavy atom. The Hall–Kier alpha value is -1.61. The number of hydrogen-bond acceptors (Lipinski definition) is 3. The molecule has 3 rings (SSSR count). The largest absolute Gasteiger partial charge is 0.489 e. The van der Waals surface area contributed by atoms with E-state index in [1.54, 1.807) is 0 Å². The number of benzene rings is 2. The molecule has 21 heavy (non-hydrogen) atoms.